The Morgan fingerprint density at radius 1 is 0.920 bits per heavy atom. The van der Waals surface area contributed by atoms with Crippen LogP contribution in [0, 0.1) is 0 Å². The first kappa shape index (κ1) is 17.0. The van der Waals surface area contributed by atoms with Crippen LogP contribution in [0.2, 0.25) is 0 Å². The van der Waals surface area contributed by atoms with Crippen LogP contribution in [0.25, 0.3) is 0 Å². The summed E-state index contributed by atoms with van der Waals surface area (Å²) in [5, 5.41) is 0. The fourth-order valence-corrected chi connectivity index (χ4v) is 2.85. The average Bonchev–Trinajstić information content (AvgIpc) is 2.63. The second-order valence-electron chi connectivity index (χ2n) is 5.95. The molecule has 1 fully saturated rings. The van der Waals surface area contributed by atoms with Gasteiger partial charge in [-0.25, -0.2) is 0 Å². The normalized spacial score (nSPS) is 15.0. The zero-order valence-electron chi connectivity index (χ0n) is 13.9. The lowest BCUT2D eigenvalue weighted by Crippen LogP contribution is -2.50. The van der Waals surface area contributed by atoms with Gasteiger partial charge in [-0.15, -0.1) is 0 Å². The molecule has 0 aliphatic carbocycles. The number of nitrogens with two attached hydrogens (primary N) is 1. The first-order valence-corrected chi connectivity index (χ1v) is 8.25. The third-order valence-corrected chi connectivity index (χ3v) is 4.13. The summed E-state index contributed by atoms with van der Waals surface area (Å²) >= 11 is 0. The Morgan fingerprint density at radius 3 is 2.24 bits per heavy atom. The van der Waals surface area contributed by atoms with E-state index in [1.165, 1.54) is 0 Å². The maximum atomic E-state index is 12.9. The Balaban J connectivity index is 1.70. The summed E-state index contributed by atoms with van der Waals surface area (Å²) in [6.45, 7) is 2.63. The minimum atomic E-state index is -0.346. The van der Waals surface area contributed by atoms with Crippen LogP contribution in [0.1, 0.15) is 10.4 Å². The van der Waals surface area contributed by atoms with Gasteiger partial charge in [0.2, 0.25) is 5.91 Å². The molecule has 0 bridgehead atoms. The third-order valence-electron chi connectivity index (χ3n) is 4.13. The number of para-hydroxylation sites is 2. The van der Waals surface area contributed by atoms with E-state index in [2.05, 4.69) is 0 Å². The minimum absolute atomic E-state index is 0.0646. The summed E-state index contributed by atoms with van der Waals surface area (Å²) in [5.41, 5.74) is 5.76. The number of hydrogen-bond donors (Lipinski definition) is 1. The van der Waals surface area contributed by atoms with Crippen molar-refractivity contribution >= 4 is 11.8 Å². The van der Waals surface area contributed by atoms with Gasteiger partial charge in [0.1, 0.15) is 11.5 Å². The molecule has 6 heteroatoms. The number of ether oxygens (including phenoxy) is 1. The number of hydrogen-bond acceptors (Lipinski definition) is 4. The molecule has 1 aliphatic rings. The lowest BCUT2D eigenvalue weighted by molar-refractivity contribution is -0.119. The smallest absolute Gasteiger partial charge is 0.257 e. The van der Waals surface area contributed by atoms with Crippen LogP contribution >= 0.6 is 0 Å². The number of piperazine rings is 1. The molecular weight excluding hydrogens is 318 g/mol. The average molecular weight is 339 g/mol. The van der Waals surface area contributed by atoms with Gasteiger partial charge in [0.15, 0.2) is 0 Å². The molecule has 2 amide bonds. The number of primary amides is 1. The zero-order chi connectivity index (χ0) is 17.6. The van der Waals surface area contributed by atoms with Crippen LogP contribution < -0.4 is 10.5 Å². The standard InChI is InChI=1S/C19H21N3O3/c20-18(23)14-21-10-12-22(13-11-21)19(24)16-8-4-5-9-17(16)25-15-6-2-1-3-7-15/h1-9H,10-14H2,(H2,20,23). The lowest BCUT2D eigenvalue weighted by Gasteiger charge is -2.34. The fourth-order valence-electron chi connectivity index (χ4n) is 2.85. The van der Waals surface area contributed by atoms with Crippen molar-refractivity contribution in [1.29, 1.82) is 0 Å². The number of benzene rings is 2. The van der Waals surface area contributed by atoms with Crippen molar-refractivity contribution in [1.82, 2.24) is 9.80 Å². The van der Waals surface area contributed by atoms with Crippen LogP contribution in [0.15, 0.2) is 54.6 Å². The van der Waals surface area contributed by atoms with Crippen molar-refractivity contribution in [2.45, 2.75) is 0 Å². The number of carbonyl (C=O) groups excluding carboxylic acids is 2. The Labute approximate surface area is 146 Å². The van der Waals surface area contributed by atoms with Gasteiger partial charge < -0.3 is 15.4 Å². The van der Waals surface area contributed by atoms with Crippen molar-refractivity contribution in [3.8, 4) is 11.5 Å². The van der Waals surface area contributed by atoms with Gasteiger partial charge in [-0.3, -0.25) is 14.5 Å². The molecule has 0 aromatic heterocycles. The second-order valence-corrected chi connectivity index (χ2v) is 5.95. The number of rotatable bonds is 5. The Bertz CT molecular complexity index is 741. The van der Waals surface area contributed by atoms with Crippen molar-refractivity contribution in [2.24, 2.45) is 5.73 Å². The SMILES string of the molecule is NC(=O)CN1CCN(C(=O)c2ccccc2Oc2ccccc2)CC1. The van der Waals surface area contributed by atoms with Crippen molar-refractivity contribution < 1.29 is 14.3 Å². The summed E-state index contributed by atoms with van der Waals surface area (Å²) in [4.78, 5) is 27.6. The highest BCUT2D eigenvalue weighted by molar-refractivity contribution is 5.97. The largest absolute Gasteiger partial charge is 0.457 e. The van der Waals surface area contributed by atoms with Gasteiger partial charge in [0.25, 0.3) is 5.91 Å². The summed E-state index contributed by atoms with van der Waals surface area (Å²) in [7, 11) is 0. The highest BCUT2D eigenvalue weighted by Gasteiger charge is 2.24. The predicted molar refractivity (Wildman–Crippen MR) is 94.5 cm³/mol. The van der Waals surface area contributed by atoms with Crippen LogP contribution in [-0.2, 0) is 4.79 Å². The van der Waals surface area contributed by atoms with Crippen LogP contribution in [0.4, 0.5) is 0 Å². The summed E-state index contributed by atoms with van der Waals surface area (Å²) in [5.74, 6) is 0.818. The highest BCUT2D eigenvalue weighted by atomic mass is 16.5. The Kier molecular flexibility index (Phi) is 5.30. The maximum absolute atomic E-state index is 12.9. The first-order valence-electron chi connectivity index (χ1n) is 8.25. The summed E-state index contributed by atoms with van der Waals surface area (Å²) in [6, 6.07) is 16.6. The zero-order valence-corrected chi connectivity index (χ0v) is 13.9. The van der Waals surface area contributed by atoms with Gasteiger partial charge >= 0.3 is 0 Å². The van der Waals surface area contributed by atoms with Gasteiger partial charge in [-0.1, -0.05) is 30.3 Å². The molecule has 2 N–H and O–H groups in total. The molecule has 0 saturated carbocycles. The number of amides is 2. The molecule has 25 heavy (non-hydrogen) atoms. The molecule has 2 aromatic rings. The quantitative estimate of drug-likeness (QED) is 0.900. The van der Waals surface area contributed by atoms with E-state index in [0.717, 1.165) is 0 Å². The molecule has 3 rings (SSSR count). The van der Waals surface area contributed by atoms with Crippen LogP contribution in [-0.4, -0.2) is 54.3 Å². The Morgan fingerprint density at radius 2 is 1.56 bits per heavy atom. The van der Waals surface area contributed by atoms with E-state index in [0.29, 0.717) is 43.2 Å². The molecule has 0 radical (unpaired) electrons. The number of carbonyl (C=O) groups is 2. The van der Waals surface area contributed by atoms with Gasteiger partial charge in [-0.2, -0.15) is 0 Å². The molecule has 1 aliphatic heterocycles. The van der Waals surface area contributed by atoms with E-state index in [4.69, 9.17) is 10.5 Å². The van der Waals surface area contributed by atoms with Crippen molar-refractivity contribution in [3.05, 3.63) is 60.2 Å². The maximum Gasteiger partial charge on any atom is 0.257 e. The van der Waals surface area contributed by atoms with E-state index < -0.39 is 0 Å². The monoisotopic (exact) mass is 339 g/mol. The van der Waals surface area contributed by atoms with Gasteiger partial charge in [0.05, 0.1) is 12.1 Å². The molecule has 1 saturated heterocycles. The second kappa shape index (κ2) is 7.81. The molecule has 0 spiro atoms. The van der Waals surface area contributed by atoms with Crippen molar-refractivity contribution in [3.63, 3.8) is 0 Å². The van der Waals surface area contributed by atoms with Gasteiger partial charge in [0, 0.05) is 26.2 Å². The first-order chi connectivity index (χ1) is 12.1. The molecule has 1 heterocycles. The summed E-state index contributed by atoms with van der Waals surface area (Å²) in [6.07, 6.45) is 0. The highest BCUT2D eigenvalue weighted by Crippen LogP contribution is 2.26. The Hall–Kier alpha value is -2.86. The van der Waals surface area contributed by atoms with Crippen LogP contribution in [0.5, 0.6) is 11.5 Å². The topological polar surface area (TPSA) is 75.9 Å². The number of nitrogens with zero attached hydrogens (tertiary/aromatic N) is 2. The molecule has 0 unspecified atom stereocenters. The molecular formula is C19H21N3O3. The third kappa shape index (κ3) is 4.36. The minimum Gasteiger partial charge on any atom is -0.457 e. The molecule has 2 aromatic carbocycles. The molecule has 6 nitrogen and oxygen atoms in total. The fraction of sp³-hybridized carbons (Fsp3) is 0.263. The van der Waals surface area contributed by atoms with E-state index >= 15 is 0 Å². The summed E-state index contributed by atoms with van der Waals surface area (Å²) < 4.78 is 5.88. The lowest BCUT2D eigenvalue weighted by atomic mass is 10.1. The van der Waals surface area contributed by atoms with Gasteiger partial charge in [-0.05, 0) is 24.3 Å². The van der Waals surface area contributed by atoms with E-state index in [1.807, 2.05) is 47.4 Å². The molecule has 0 atom stereocenters. The predicted octanol–water partition coefficient (Wildman–Crippen LogP) is 1.72. The van der Waals surface area contributed by atoms with E-state index in [-0.39, 0.29) is 18.4 Å². The van der Waals surface area contributed by atoms with E-state index in [9.17, 15) is 9.59 Å². The van der Waals surface area contributed by atoms with Crippen LogP contribution in [0.3, 0.4) is 0 Å². The van der Waals surface area contributed by atoms with Crippen molar-refractivity contribution in [2.75, 3.05) is 32.7 Å². The van der Waals surface area contributed by atoms with E-state index in [1.54, 1.807) is 17.0 Å². The molecule has 130 valence electrons.